The highest BCUT2D eigenvalue weighted by molar-refractivity contribution is 7.89. The van der Waals surface area contributed by atoms with Crippen LogP contribution in [-0.2, 0) is 14.8 Å². The number of benzene rings is 3. The van der Waals surface area contributed by atoms with Crippen LogP contribution in [-0.4, -0.2) is 73.3 Å². The Labute approximate surface area is 241 Å². The van der Waals surface area contributed by atoms with Crippen molar-refractivity contribution in [1.29, 1.82) is 0 Å². The monoisotopic (exact) mass is 588 g/mol. The van der Waals surface area contributed by atoms with Crippen molar-refractivity contribution in [3.63, 3.8) is 0 Å². The third-order valence-corrected chi connectivity index (χ3v) is 9.21. The number of esters is 1. The predicted octanol–water partition coefficient (Wildman–Crippen LogP) is 4.39. The highest BCUT2D eigenvalue weighted by Crippen LogP contribution is 2.31. The quantitative estimate of drug-likeness (QED) is 0.250. The molecule has 0 aromatic heterocycles. The van der Waals surface area contributed by atoms with Gasteiger partial charge < -0.3 is 20.1 Å². The average Bonchev–Trinajstić information content (AvgIpc) is 2.94. The molecule has 0 aliphatic carbocycles. The number of rotatable bonds is 11. The predicted molar refractivity (Wildman–Crippen MR) is 160 cm³/mol. The van der Waals surface area contributed by atoms with Gasteiger partial charge in [0.05, 0.1) is 22.7 Å². The van der Waals surface area contributed by atoms with Gasteiger partial charge in [-0.05, 0) is 56.5 Å². The summed E-state index contributed by atoms with van der Waals surface area (Å²) in [5, 5.41) is 1.89. The Bertz CT molecular complexity index is 1460. The number of nitrogens with zero attached hydrogens (tertiary/aromatic N) is 2. The molecule has 3 aromatic carbocycles. The number of carbonyl (C=O) groups is 1. The molecular formula is C29H37ClN4O5S. The topological polar surface area (TPSA) is 114 Å². The molecule has 1 heterocycles. The molecule has 1 aliphatic heterocycles. The van der Waals surface area contributed by atoms with E-state index in [1.165, 1.54) is 19.2 Å². The Hall–Kier alpha value is -3.05. The van der Waals surface area contributed by atoms with Crippen LogP contribution in [0, 0.1) is 5.92 Å². The Balaban J connectivity index is 1.23. The Kier molecular flexibility index (Phi) is 9.78. The van der Waals surface area contributed by atoms with Gasteiger partial charge in [0, 0.05) is 49.7 Å². The molecule has 1 aliphatic rings. The molecule has 4 rings (SSSR count). The molecule has 0 atom stereocenters. The SMILES string of the molecule is COc1cc(N)c(Cl)cc1C(=O)OCCN1CCC(CCNS(=O)(=O)c2cccc3c(N(C)C)cccc23)CC1. The fraction of sp³-hybridized carbons (Fsp3) is 0.414. The molecule has 3 N–H and O–H groups in total. The van der Waals surface area contributed by atoms with Gasteiger partial charge >= 0.3 is 5.97 Å². The van der Waals surface area contributed by atoms with Gasteiger partial charge in [-0.25, -0.2) is 17.9 Å². The Morgan fingerprint density at radius 2 is 1.82 bits per heavy atom. The second-order valence-corrected chi connectivity index (χ2v) is 12.3. The summed E-state index contributed by atoms with van der Waals surface area (Å²) < 4.78 is 39.8. The van der Waals surface area contributed by atoms with E-state index in [0.717, 1.165) is 43.4 Å². The van der Waals surface area contributed by atoms with Crippen LogP contribution in [0.5, 0.6) is 5.75 Å². The van der Waals surface area contributed by atoms with Gasteiger partial charge in [-0.2, -0.15) is 0 Å². The molecule has 11 heteroatoms. The fourth-order valence-corrected chi connectivity index (χ4v) is 6.54. The number of likely N-dealkylation sites (tertiary alicyclic amines) is 1. The number of hydrogen-bond acceptors (Lipinski definition) is 8. The number of sulfonamides is 1. The first kappa shape index (κ1) is 29.9. The summed E-state index contributed by atoms with van der Waals surface area (Å²) in [6.45, 7) is 2.98. The van der Waals surface area contributed by atoms with Gasteiger partial charge in [0.1, 0.15) is 17.9 Å². The Morgan fingerprint density at radius 3 is 2.52 bits per heavy atom. The maximum absolute atomic E-state index is 13.2. The zero-order valence-electron chi connectivity index (χ0n) is 23.2. The van der Waals surface area contributed by atoms with Gasteiger partial charge in [-0.3, -0.25) is 4.90 Å². The number of ether oxygens (including phenoxy) is 2. The second-order valence-electron chi connectivity index (χ2n) is 10.2. The molecular weight excluding hydrogens is 552 g/mol. The lowest BCUT2D eigenvalue weighted by atomic mass is 9.94. The van der Waals surface area contributed by atoms with E-state index in [2.05, 4.69) is 9.62 Å². The molecule has 0 unspecified atom stereocenters. The standard InChI is InChI=1S/C29H37ClN4O5S/c1-33(2)26-8-4-7-22-21(26)6-5-9-28(22)40(36,37)32-13-10-20-11-14-34(15-12-20)16-17-39-29(35)23-18-24(30)25(31)19-27(23)38-3/h4-9,18-20,32H,10-17,31H2,1-3H3. The van der Waals surface area contributed by atoms with Gasteiger partial charge in [-0.1, -0.05) is 35.9 Å². The minimum atomic E-state index is -3.65. The third kappa shape index (κ3) is 6.98. The summed E-state index contributed by atoms with van der Waals surface area (Å²) in [5.41, 5.74) is 7.33. The molecule has 1 saturated heterocycles. The van der Waals surface area contributed by atoms with Crippen LogP contribution in [0.2, 0.25) is 5.02 Å². The minimum Gasteiger partial charge on any atom is -0.496 e. The zero-order chi connectivity index (χ0) is 28.9. The highest BCUT2D eigenvalue weighted by Gasteiger charge is 2.23. The zero-order valence-corrected chi connectivity index (χ0v) is 24.7. The molecule has 3 aromatic rings. The van der Waals surface area contributed by atoms with E-state index >= 15 is 0 Å². The summed E-state index contributed by atoms with van der Waals surface area (Å²) in [6, 6.07) is 14.1. The van der Waals surface area contributed by atoms with E-state index < -0.39 is 16.0 Å². The van der Waals surface area contributed by atoms with Gasteiger partial charge in [0.25, 0.3) is 0 Å². The van der Waals surface area contributed by atoms with Crippen LogP contribution in [0.4, 0.5) is 11.4 Å². The molecule has 1 fully saturated rings. The number of nitrogen functional groups attached to an aromatic ring is 1. The molecule has 40 heavy (non-hydrogen) atoms. The van der Waals surface area contributed by atoms with Crippen molar-refractivity contribution in [3.8, 4) is 5.75 Å². The highest BCUT2D eigenvalue weighted by atomic mass is 35.5. The average molecular weight is 589 g/mol. The largest absolute Gasteiger partial charge is 0.496 e. The molecule has 9 nitrogen and oxygen atoms in total. The summed E-state index contributed by atoms with van der Waals surface area (Å²) in [5.74, 6) is 0.239. The van der Waals surface area contributed by atoms with Crippen LogP contribution in [0.25, 0.3) is 10.8 Å². The van der Waals surface area contributed by atoms with Crippen LogP contribution in [0.15, 0.2) is 53.4 Å². The van der Waals surface area contributed by atoms with Crippen molar-refractivity contribution in [1.82, 2.24) is 9.62 Å². The molecule has 0 spiro atoms. The molecule has 0 radical (unpaired) electrons. The van der Waals surface area contributed by atoms with E-state index in [0.29, 0.717) is 40.7 Å². The van der Waals surface area contributed by atoms with E-state index in [1.54, 1.807) is 12.1 Å². The van der Waals surface area contributed by atoms with Crippen LogP contribution in [0.3, 0.4) is 0 Å². The van der Waals surface area contributed by atoms with Crippen molar-refractivity contribution >= 4 is 49.7 Å². The van der Waals surface area contributed by atoms with E-state index in [-0.39, 0.29) is 17.2 Å². The lowest BCUT2D eigenvalue weighted by Crippen LogP contribution is -2.37. The summed E-state index contributed by atoms with van der Waals surface area (Å²) in [6.07, 6.45) is 2.68. The van der Waals surface area contributed by atoms with Crippen molar-refractivity contribution in [2.45, 2.75) is 24.2 Å². The van der Waals surface area contributed by atoms with Crippen molar-refractivity contribution in [3.05, 3.63) is 59.1 Å². The first-order valence-electron chi connectivity index (χ1n) is 13.3. The maximum atomic E-state index is 13.2. The van der Waals surface area contributed by atoms with E-state index in [4.69, 9.17) is 26.8 Å². The number of nitrogens with two attached hydrogens (primary N) is 1. The van der Waals surface area contributed by atoms with Gasteiger partial charge in [0.15, 0.2) is 0 Å². The number of nitrogens with one attached hydrogen (secondary N) is 1. The molecule has 0 amide bonds. The minimum absolute atomic E-state index is 0.240. The second kappa shape index (κ2) is 13.1. The maximum Gasteiger partial charge on any atom is 0.342 e. The number of carbonyl (C=O) groups excluding carboxylic acids is 1. The van der Waals surface area contributed by atoms with Crippen molar-refractivity contribution in [2.75, 3.05) is 64.6 Å². The summed E-state index contributed by atoms with van der Waals surface area (Å²) >= 11 is 6.05. The molecule has 216 valence electrons. The number of halogens is 1. The van der Waals surface area contributed by atoms with Crippen LogP contribution in [0.1, 0.15) is 29.6 Å². The van der Waals surface area contributed by atoms with Crippen LogP contribution < -0.4 is 20.1 Å². The lowest BCUT2D eigenvalue weighted by molar-refractivity contribution is 0.0436. The van der Waals surface area contributed by atoms with E-state index in [1.807, 2.05) is 43.3 Å². The number of fused-ring (bicyclic) bond motifs is 1. The number of piperidine rings is 1. The van der Waals surface area contributed by atoms with Crippen LogP contribution >= 0.6 is 11.6 Å². The van der Waals surface area contributed by atoms with Crippen molar-refractivity contribution < 1.29 is 22.7 Å². The first-order valence-corrected chi connectivity index (χ1v) is 15.2. The van der Waals surface area contributed by atoms with Gasteiger partial charge in [0.2, 0.25) is 10.0 Å². The number of anilines is 2. The van der Waals surface area contributed by atoms with Crippen molar-refractivity contribution in [2.24, 2.45) is 5.92 Å². The summed E-state index contributed by atoms with van der Waals surface area (Å²) in [7, 11) is 1.70. The molecule has 0 bridgehead atoms. The van der Waals surface area contributed by atoms with E-state index in [9.17, 15) is 13.2 Å². The smallest absolute Gasteiger partial charge is 0.342 e. The first-order chi connectivity index (χ1) is 19.1. The lowest BCUT2D eigenvalue weighted by Gasteiger charge is -2.31. The number of methoxy groups -OCH3 is 1. The Morgan fingerprint density at radius 1 is 1.12 bits per heavy atom. The fourth-order valence-electron chi connectivity index (χ4n) is 5.11. The third-order valence-electron chi connectivity index (χ3n) is 7.36. The number of hydrogen-bond donors (Lipinski definition) is 2. The van der Waals surface area contributed by atoms with Gasteiger partial charge in [-0.15, -0.1) is 0 Å². The summed E-state index contributed by atoms with van der Waals surface area (Å²) in [4.78, 5) is 17.1. The normalized spacial score (nSPS) is 14.8. The molecule has 0 saturated carbocycles.